The van der Waals surface area contributed by atoms with E-state index >= 15 is 0 Å². The summed E-state index contributed by atoms with van der Waals surface area (Å²) in [5, 5.41) is 7.99. The summed E-state index contributed by atoms with van der Waals surface area (Å²) in [7, 11) is 0. The van der Waals surface area contributed by atoms with E-state index in [9.17, 15) is 35.9 Å². The van der Waals surface area contributed by atoms with Crippen LogP contribution in [0.5, 0.6) is 0 Å². The number of carboxylic acids is 1. The van der Waals surface area contributed by atoms with Crippen molar-refractivity contribution in [1.29, 1.82) is 0 Å². The Bertz CT molecular complexity index is 629. The molecule has 1 aromatic rings. The third-order valence-corrected chi connectivity index (χ3v) is 3.01. The van der Waals surface area contributed by atoms with E-state index in [0.717, 1.165) is 19.1 Å². The Morgan fingerprint density at radius 2 is 1.55 bits per heavy atom. The third-order valence-electron chi connectivity index (χ3n) is 2.78. The van der Waals surface area contributed by atoms with Gasteiger partial charge in [-0.25, -0.2) is 4.79 Å². The number of rotatable bonds is 5. The van der Waals surface area contributed by atoms with Gasteiger partial charge in [-0.05, 0) is 30.7 Å². The fraction of sp³-hybridized carbons (Fsp3) is 0.333. The van der Waals surface area contributed by atoms with Crippen LogP contribution in [0.3, 0.4) is 0 Å². The molecule has 0 heterocycles. The van der Waals surface area contributed by atoms with E-state index < -0.39 is 35.1 Å². The number of benzene rings is 1. The lowest BCUT2D eigenvalue weighted by atomic mass is 9.94. The topological polar surface area (TPSA) is 54.4 Å². The lowest BCUT2D eigenvalue weighted by Gasteiger charge is -2.29. The van der Waals surface area contributed by atoms with E-state index in [4.69, 9.17) is 16.7 Å². The Balaban J connectivity index is 3.39. The van der Waals surface area contributed by atoms with Crippen LogP contribution in [0.15, 0.2) is 18.2 Å². The second-order valence-corrected chi connectivity index (χ2v) is 4.75. The van der Waals surface area contributed by atoms with Crippen LogP contribution in [0.1, 0.15) is 15.9 Å². The number of Topliss-reactive ketones (excluding diaryl/α,β-unsaturated/α-hetero) is 1. The number of ketones is 1. The SMILES string of the molecule is Cc1cc(Cl)ccc1C(=O)C(F)(F)C(F)(F)C(F)(F)C(=O)O. The van der Waals surface area contributed by atoms with Crippen molar-refractivity contribution in [3.8, 4) is 0 Å². The zero-order valence-corrected chi connectivity index (χ0v) is 11.4. The summed E-state index contributed by atoms with van der Waals surface area (Å²) in [5.41, 5.74) is -1.23. The van der Waals surface area contributed by atoms with E-state index in [1.165, 1.54) is 0 Å². The number of hydrogen-bond acceptors (Lipinski definition) is 2. The van der Waals surface area contributed by atoms with Gasteiger partial charge in [0.2, 0.25) is 5.78 Å². The molecule has 0 spiro atoms. The molecule has 0 aliphatic heterocycles. The molecule has 0 radical (unpaired) electrons. The average Bonchev–Trinajstić information content (AvgIpc) is 2.37. The van der Waals surface area contributed by atoms with Gasteiger partial charge in [-0.2, -0.15) is 26.3 Å². The van der Waals surface area contributed by atoms with Crippen molar-refractivity contribution in [2.24, 2.45) is 0 Å². The molecule has 0 atom stereocenters. The molecule has 1 N–H and O–H groups in total. The Hall–Kier alpha value is -1.77. The summed E-state index contributed by atoms with van der Waals surface area (Å²) in [4.78, 5) is 21.6. The minimum absolute atomic E-state index is 0.00000707. The number of carbonyl (C=O) groups is 2. The molecule has 0 aromatic heterocycles. The van der Waals surface area contributed by atoms with Gasteiger partial charge in [-0.3, -0.25) is 4.79 Å². The summed E-state index contributed by atoms with van der Waals surface area (Å²) >= 11 is 5.50. The van der Waals surface area contributed by atoms with Crippen LogP contribution in [-0.2, 0) is 4.79 Å². The highest BCUT2D eigenvalue weighted by Crippen LogP contribution is 2.47. The van der Waals surface area contributed by atoms with Gasteiger partial charge < -0.3 is 5.11 Å². The highest BCUT2D eigenvalue weighted by atomic mass is 35.5. The van der Waals surface area contributed by atoms with Crippen LogP contribution >= 0.6 is 11.6 Å². The van der Waals surface area contributed by atoms with Crippen LogP contribution in [0.2, 0.25) is 5.02 Å². The first-order valence-corrected chi connectivity index (χ1v) is 5.82. The van der Waals surface area contributed by atoms with Crippen molar-refractivity contribution in [2.45, 2.75) is 24.7 Å². The fourth-order valence-corrected chi connectivity index (χ4v) is 1.75. The first kappa shape index (κ1) is 18.3. The van der Waals surface area contributed by atoms with Crippen LogP contribution in [0.25, 0.3) is 0 Å². The van der Waals surface area contributed by atoms with Crippen LogP contribution in [0, 0.1) is 6.92 Å². The highest BCUT2D eigenvalue weighted by molar-refractivity contribution is 6.30. The summed E-state index contributed by atoms with van der Waals surface area (Å²) in [6.45, 7) is 1.07. The number of aliphatic carboxylic acids is 1. The van der Waals surface area contributed by atoms with E-state index in [2.05, 4.69) is 0 Å². The van der Waals surface area contributed by atoms with Crippen molar-refractivity contribution >= 4 is 23.4 Å². The molecule has 3 nitrogen and oxygen atoms in total. The van der Waals surface area contributed by atoms with Crippen molar-refractivity contribution in [3.63, 3.8) is 0 Å². The molecule has 10 heteroatoms. The maximum Gasteiger partial charge on any atom is 0.411 e. The average molecular weight is 349 g/mol. The number of alkyl halides is 6. The molecular formula is C12H7ClF6O3. The van der Waals surface area contributed by atoms with Gasteiger partial charge in [0.25, 0.3) is 0 Å². The number of carbonyl (C=O) groups excluding carboxylic acids is 1. The molecule has 122 valence electrons. The van der Waals surface area contributed by atoms with Gasteiger partial charge in [0.15, 0.2) is 0 Å². The maximum absolute atomic E-state index is 13.5. The Morgan fingerprint density at radius 1 is 1.05 bits per heavy atom. The zero-order valence-electron chi connectivity index (χ0n) is 10.6. The summed E-state index contributed by atoms with van der Waals surface area (Å²) in [6.07, 6.45) is 0. The molecular weight excluding hydrogens is 342 g/mol. The van der Waals surface area contributed by atoms with Crippen LogP contribution in [-0.4, -0.2) is 34.6 Å². The monoisotopic (exact) mass is 348 g/mol. The highest BCUT2D eigenvalue weighted by Gasteiger charge is 2.78. The van der Waals surface area contributed by atoms with Gasteiger partial charge in [-0.15, -0.1) is 0 Å². The summed E-state index contributed by atoms with van der Waals surface area (Å²) in [6, 6.07) is 2.56. The third kappa shape index (κ3) is 2.65. The number of carboxylic acid groups (broad SMARTS) is 1. The molecule has 0 aliphatic carbocycles. The molecule has 0 amide bonds. The fourth-order valence-electron chi connectivity index (χ4n) is 1.53. The minimum Gasteiger partial charge on any atom is -0.477 e. The second kappa shape index (κ2) is 5.45. The molecule has 0 bridgehead atoms. The second-order valence-electron chi connectivity index (χ2n) is 4.32. The smallest absolute Gasteiger partial charge is 0.411 e. The van der Waals surface area contributed by atoms with E-state index in [1.807, 2.05) is 0 Å². The van der Waals surface area contributed by atoms with Crippen molar-refractivity contribution in [2.75, 3.05) is 0 Å². The van der Waals surface area contributed by atoms with Gasteiger partial charge >= 0.3 is 23.7 Å². The van der Waals surface area contributed by atoms with Crippen LogP contribution in [0.4, 0.5) is 26.3 Å². The van der Waals surface area contributed by atoms with Crippen molar-refractivity contribution < 1.29 is 41.0 Å². The normalized spacial score (nSPS) is 13.1. The number of halogens is 7. The molecule has 22 heavy (non-hydrogen) atoms. The molecule has 0 unspecified atom stereocenters. The predicted octanol–water partition coefficient (Wildman–Crippen LogP) is 3.82. The van der Waals surface area contributed by atoms with Gasteiger partial charge in [0.05, 0.1) is 0 Å². The number of hydrogen-bond donors (Lipinski definition) is 1. The van der Waals surface area contributed by atoms with E-state index in [1.54, 1.807) is 0 Å². The molecule has 0 saturated heterocycles. The molecule has 1 rings (SSSR count). The lowest BCUT2D eigenvalue weighted by Crippen LogP contribution is -2.61. The summed E-state index contributed by atoms with van der Waals surface area (Å²) in [5.74, 6) is -24.6. The van der Waals surface area contributed by atoms with Crippen molar-refractivity contribution in [1.82, 2.24) is 0 Å². The quantitative estimate of drug-likeness (QED) is 0.650. The predicted molar refractivity (Wildman–Crippen MR) is 63.0 cm³/mol. The minimum atomic E-state index is -6.42. The summed E-state index contributed by atoms with van der Waals surface area (Å²) < 4.78 is 79.3. The van der Waals surface area contributed by atoms with Crippen LogP contribution < -0.4 is 0 Å². The van der Waals surface area contributed by atoms with Gasteiger partial charge in [-0.1, -0.05) is 11.6 Å². The first-order valence-electron chi connectivity index (χ1n) is 5.44. The van der Waals surface area contributed by atoms with Gasteiger partial charge in [0, 0.05) is 10.6 Å². The standard InChI is InChI=1S/C12H7ClF6O3/c1-5-4-6(13)2-3-7(5)8(20)10(14,15)12(18,19)11(16,17)9(21)22/h2-4H,1H3,(H,21,22). The van der Waals surface area contributed by atoms with E-state index in [0.29, 0.717) is 6.07 Å². The maximum atomic E-state index is 13.5. The molecule has 0 fully saturated rings. The van der Waals surface area contributed by atoms with E-state index in [-0.39, 0.29) is 10.6 Å². The Kier molecular flexibility index (Phi) is 4.53. The Labute approximate surface area is 124 Å². The lowest BCUT2D eigenvalue weighted by molar-refractivity contribution is -0.285. The molecule has 1 aromatic carbocycles. The van der Waals surface area contributed by atoms with Crippen molar-refractivity contribution in [3.05, 3.63) is 34.3 Å². The first-order chi connectivity index (χ1) is 9.76. The van der Waals surface area contributed by atoms with Gasteiger partial charge in [0.1, 0.15) is 0 Å². The zero-order chi connectivity index (χ0) is 17.5. The largest absolute Gasteiger partial charge is 0.477 e. The number of aryl methyl sites for hydroxylation is 1. The molecule has 0 saturated carbocycles. The molecule has 0 aliphatic rings. The Morgan fingerprint density at radius 3 is 1.95 bits per heavy atom.